The van der Waals surface area contributed by atoms with E-state index in [9.17, 15) is 0 Å². The first-order valence-electron chi connectivity index (χ1n) is 6.19. The number of anilines is 2. The molecule has 1 aromatic rings. The molecule has 3 nitrogen and oxygen atoms in total. The van der Waals surface area contributed by atoms with Gasteiger partial charge in [-0.2, -0.15) is 0 Å². The number of aromatic nitrogens is 1. The molecule has 0 amide bonds. The Balaban J connectivity index is 1.93. The van der Waals surface area contributed by atoms with Gasteiger partial charge < -0.3 is 11.1 Å². The van der Waals surface area contributed by atoms with Gasteiger partial charge in [0.1, 0.15) is 5.82 Å². The highest BCUT2D eigenvalue weighted by Gasteiger charge is 2.31. The highest BCUT2D eigenvalue weighted by Crippen LogP contribution is 2.40. The van der Waals surface area contributed by atoms with Gasteiger partial charge in [-0.3, -0.25) is 0 Å². The quantitative estimate of drug-likeness (QED) is 0.818. The predicted octanol–water partition coefficient (Wildman–Crippen LogP) is 3.05. The fourth-order valence-electron chi connectivity index (χ4n) is 2.57. The van der Waals surface area contributed by atoms with Crippen LogP contribution in [0.15, 0.2) is 18.3 Å². The molecule has 0 aliphatic heterocycles. The number of hydrogen-bond donors (Lipinski definition) is 2. The average Bonchev–Trinajstić information content (AvgIpc) is 2.78. The second-order valence-corrected chi connectivity index (χ2v) is 4.89. The lowest BCUT2D eigenvalue weighted by Crippen LogP contribution is -2.26. The summed E-state index contributed by atoms with van der Waals surface area (Å²) in [5, 5.41) is 3.44. The van der Waals surface area contributed by atoms with E-state index in [-0.39, 0.29) is 0 Å². The van der Waals surface area contributed by atoms with Gasteiger partial charge in [-0.15, -0.1) is 0 Å². The van der Waals surface area contributed by atoms with Crippen LogP contribution in [0, 0.1) is 5.41 Å². The van der Waals surface area contributed by atoms with Crippen molar-refractivity contribution in [2.24, 2.45) is 5.41 Å². The van der Waals surface area contributed by atoms with Crippen molar-refractivity contribution < 1.29 is 0 Å². The lowest BCUT2D eigenvalue weighted by atomic mass is 9.83. The Kier molecular flexibility index (Phi) is 3.32. The molecule has 3 heteroatoms. The van der Waals surface area contributed by atoms with E-state index < -0.39 is 0 Å². The zero-order valence-electron chi connectivity index (χ0n) is 10.00. The summed E-state index contributed by atoms with van der Waals surface area (Å²) < 4.78 is 0. The number of nitrogens with two attached hydrogens (primary N) is 1. The van der Waals surface area contributed by atoms with Crippen LogP contribution >= 0.6 is 0 Å². The van der Waals surface area contributed by atoms with E-state index in [0.29, 0.717) is 5.41 Å². The maximum absolute atomic E-state index is 5.61. The number of nitrogens with one attached hydrogen (secondary N) is 1. The van der Waals surface area contributed by atoms with Gasteiger partial charge in [0.15, 0.2) is 0 Å². The summed E-state index contributed by atoms with van der Waals surface area (Å²) in [7, 11) is 0. The minimum Gasteiger partial charge on any atom is -0.397 e. The van der Waals surface area contributed by atoms with Crippen molar-refractivity contribution in [1.82, 2.24) is 4.98 Å². The molecule has 0 atom stereocenters. The first kappa shape index (κ1) is 11.2. The lowest BCUT2D eigenvalue weighted by molar-refractivity contribution is 0.306. The summed E-state index contributed by atoms with van der Waals surface area (Å²) in [5.74, 6) is 0.939. The molecule has 2 rings (SSSR count). The Morgan fingerprint density at radius 3 is 2.69 bits per heavy atom. The Bertz CT molecular complexity index is 326. The standard InChI is InChI=1S/C13H21N3/c1-2-13(7-3-4-8-13)10-16-12-6-5-11(14)9-15-12/h5-6,9H,2-4,7-8,10,14H2,1H3,(H,15,16). The summed E-state index contributed by atoms with van der Waals surface area (Å²) in [5.41, 5.74) is 6.83. The molecule has 88 valence electrons. The van der Waals surface area contributed by atoms with E-state index in [1.165, 1.54) is 32.1 Å². The zero-order chi connectivity index (χ0) is 11.4. The highest BCUT2D eigenvalue weighted by molar-refractivity contribution is 5.43. The lowest BCUT2D eigenvalue weighted by Gasteiger charge is -2.27. The van der Waals surface area contributed by atoms with Gasteiger partial charge in [-0.1, -0.05) is 19.8 Å². The highest BCUT2D eigenvalue weighted by atomic mass is 15.0. The molecule has 0 radical (unpaired) electrons. The maximum Gasteiger partial charge on any atom is 0.126 e. The molecule has 3 N–H and O–H groups in total. The number of pyridine rings is 1. The molecule has 0 aromatic carbocycles. The summed E-state index contributed by atoms with van der Waals surface area (Å²) in [6.45, 7) is 3.34. The molecule has 0 bridgehead atoms. The van der Waals surface area contributed by atoms with Crippen molar-refractivity contribution in [3.63, 3.8) is 0 Å². The number of nitrogen functional groups attached to an aromatic ring is 1. The molecule has 1 aliphatic rings. The minimum absolute atomic E-state index is 0.503. The molecule has 0 spiro atoms. The van der Waals surface area contributed by atoms with Crippen molar-refractivity contribution in [3.8, 4) is 0 Å². The van der Waals surface area contributed by atoms with Crippen LogP contribution in [-0.4, -0.2) is 11.5 Å². The van der Waals surface area contributed by atoms with Gasteiger partial charge in [-0.05, 0) is 36.8 Å². The van der Waals surface area contributed by atoms with Gasteiger partial charge in [0.2, 0.25) is 0 Å². The molecule has 1 heterocycles. The number of hydrogen-bond acceptors (Lipinski definition) is 3. The fraction of sp³-hybridized carbons (Fsp3) is 0.615. The largest absolute Gasteiger partial charge is 0.397 e. The first-order chi connectivity index (χ1) is 7.74. The second kappa shape index (κ2) is 4.73. The van der Waals surface area contributed by atoms with Crippen molar-refractivity contribution in [3.05, 3.63) is 18.3 Å². The second-order valence-electron chi connectivity index (χ2n) is 4.89. The van der Waals surface area contributed by atoms with Crippen LogP contribution in [0.1, 0.15) is 39.0 Å². The van der Waals surface area contributed by atoms with Crippen molar-refractivity contribution in [1.29, 1.82) is 0 Å². The Labute approximate surface area is 97.5 Å². The molecule has 0 saturated heterocycles. The van der Waals surface area contributed by atoms with Gasteiger partial charge in [0.25, 0.3) is 0 Å². The third-order valence-corrected chi connectivity index (χ3v) is 3.85. The maximum atomic E-state index is 5.61. The summed E-state index contributed by atoms with van der Waals surface area (Å²) in [4.78, 5) is 4.27. The van der Waals surface area contributed by atoms with Gasteiger partial charge >= 0.3 is 0 Å². The van der Waals surface area contributed by atoms with E-state index in [4.69, 9.17) is 5.73 Å². The zero-order valence-corrected chi connectivity index (χ0v) is 10.00. The van der Waals surface area contributed by atoms with Crippen LogP contribution in [0.5, 0.6) is 0 Å². The van der Waals surface area contributed by atoms with Gasteiger partial charge in [0.05, 0.1) is 11.9 Å². The van der Waals surface area contributed by atoms with Crippen LogP contribution in [-0.2, 0) is 0 Å². The monoisotopic (exact) mass is 219 g/mol. The van der Waals surface area contributed by atoms with Crippen LogP contribution in [0.3, 0.4) is 0 Å². The molecular formula is C13H21N3. The van der Waals surface area contributed by atoms with Crippen molar-refractivity contribution in [2.45, 2.75) is 39.0 Å². The van der Waals surface area contributed by atoms with E-state index in [1.54, 1.807) is 6.20 Å². The number of nitrogens with zero attached hydrogens (tertiary/aromatic N) is 1. The minimum atomic E-state index is 0.503. The average molecular weight is 219 g/mol. The van der Waals surface area contributed by atoms with Gasteiger partial charge in [-0.25, -0.2) is 4.98 Å². The molecule has 0 unspecified atom stereocenters. The van der Waals surface area contributed by atoms with E-state index in [1.807, 2.05) is 12.1 Å². The summed E-state index contributed by atoms with van der Waals surface area (Å²) >= 11 is 0. The van der Waals surface area contributed by atoms with Crippen molar-refractivity contribution in [2.75, 3.05) is 17.6 Å². The SMILES string of the molecule is CCC1(CNc2ccc(N)cn2)CCCC1. The molecular weight excluding hydrogens is 198 g/mol. The van der Waals surface area contributed by atoms with Crippen LogP contribution in [0.25, 0.3) is 0 Å². The topological polar surface area (TPSA) is 50.9 Å². The molecule has 1 fully saturated rings. The van der Waals surface area contributed by atoms with E-state index in [0.717, 1.165) is 18.1 Å². The summed E-state index contributed by atoms with van der Waals surface area (Å²) in [6.07, 6.45) is 8.43. The molecule has 1 saturated carbocycles. The molecule has 16 heavy (non-hydrogen) atoms. The normalized spacial score (nSPS) is 18.6. The third-order valence-electron chi connectivity index (χ3n) is 3.85. The Hall–Kier alpha value is -1.25. The smallest absolute Gasteiger partial charge is 0.126 e. The predicted molar refractivity (Wildman–Crippen MR) is 68.3 cm³/mol. The number of rotatable bonds is 4. The van der Waals surface area contributed by atoms with Crippen molar-refractivity contribution >= 4 is 11.5 Å². The van der Waals surface area contributed by atoms with E-state index in [2.05, 4.69) is 17.2 Å². The van der Waals surface area contributed by atoms with Crippen LogP contribution in [0.4, 0.5) is 11.5 Å². The fourth-order valence-corrected chi connectivity index (χ4v) is 2.57. The van der Waals surface area contributed by atoms with Crippen LogP contribution < -0.4 is 11.1 Å². The Morgan fingerprint density at radius 2 is 2.12 bits per heavy atom. The Morgan fingerprint density at radius 1 is 1.38 bits per heavy atom. The molecule has 1 aliphatic carbocycles. The van der Waals surface area contributed by atoms with E-state index >= 15 is 0 Å². The first-order valence-corrected chi connectivity index (χ1v) is 6.19. The molecule has 1 aromatic heterocycles. The summed E-state index contributed by atoms with van der Waals surface area (Å²) in [6, 6.07) is 3.84. The third kappa shape index (κ3) is 2.46. The van der Waals surface area contributed by atoms with Crippen LogP contribution in [0.2, 0.25) is 0 Å². The van der Waals surface area contributed by atoms with Gasteiger partial charge in [0, 0.05) is 6.54 Å².